The molecule has 0 bridgehead atoms. The summed E-state index contributed by atoms with van der Waals surface area (Å²) in [7, 11) is 1.64. The van der Waals surface area contributed by atoms with E-state index >= 15 is 0 Å². The van der Waals surface area contributed by atoms with Crippen LogP contribution in [0.15, 0.2) is 54.6 Å². The lowest BCUT2D eigenvalue weighted by Gasteiger charge is -2.16. The number of rotatable bonds is 5. The molecule has 0 aliphatic carbocycles. The Hall–Kier alpha value is -3.34. The lowest BCUT2D eigenvalue weighted by Crippen LogP contribution is -2.22. The number of hydrogen-bond acceptors (Lipinski definition) is 4. The number of anilines is 1. The molecule has 0 unspecified atom stereocenters. The fourth-order valence-electron chi connectivity index (χ4n) is 3.69. The number of carbonyl (C=O) groups excluding carboxylic acids is 2. The Balaban J connectivity index is 1.64. The van der Waals surface area contributed by atoms with Crippen LogP contribution in [0.3, 0.4) is 0 Å². The van der Waals surface area contributed by atoms with E-state index in [1.165, 1.54) is 0 Å². The zero-order valence-electron chi connectivity index (χ0n) is 15.9. The van der Waals surface area contributed by atoms with Gasteiger partial charge in [-0.05, 0) is 36.1 Å². The molecule has 4 rings (SSSR count). The van der Waals surface area contributed by atoms with Gasteiger partial charge in [0.2, 0.25) is 0 Å². The average Bonchev–Trinajstić information content (AvgIpc) is 3.03. The van der Waals surface area contributed by atoms with Gasteiger partial charge < -0.3 is 14.4 Å². The van der Waals surface area contributed by atoms with Crippen molar-refractivity contribution in [3.63, 3.8) is 0 Å². The summed E-state index contributed by atoms with van der Waals surface area (Å²) >= 11 is 0. The number of amides is 1. The van der Waals surface area contributed by atoms with Crippen molar-refractivity contribution >= 4 is 28.3 Å². The third-order valence-corrected chi connectivity index (χ3v) is 5.00. The van der Waals surface area contributed by atoms with Crippen LogP contribution in [0.5, 0.6) is 5.75 Å². The van der Waals surface area contributed by atoms with Crippen molar-refractivity contribution in [1.82, 2.24) is 0 Å². The molecular weight excluding hydrogens is 354 g/mol. The number of methoxy groups -OCH3 is 1. The van der Waals surface area contributed by atoms with E-state index in [1.807, 2.05) is 54.6 Å². The van der Waals surface area contributed by atoms with E-state index in [2.05, 4.69) is 0 Å². The molecule has 0 spiro atoms. The molecule has 0 saturated heterocycles. The van der Waals surface area contributed by atoms with Crippen LogP contribution in [-0.2, 0) is 22.5 Å². The van der Waals surface area contributed by atoms with E-state index in [0.717, 1.165) is 33.3 Å². The zero-order chi connectivity index (χ0) is 19.7. The molecule has 1 heterocycles. The summed E-state index contributed by atoms with van der Waals surface area (Å²) in [6.07, 6.45) is 0.224. The largest absolute Gasteiger partial charge is 0.496 e. The second-order valence-electron chi connectivity index (χ2n) is 6.70. The summed E-state index contributed by atoms with van der Waals surface area (Å²) < 4.78 is 10.6. The molecule has 28 heavy (non-hydrogen) atoms. The van der Waals surface area contributed by atoms with Crippen molar-refractivity contribution in [2.24, 2.45) is 0 Å². The molecule has 142 valence electrons. The van der Waals surface area contributed by atoms with Gasteiger partial charge in [0.25, 0.3) is 5.91 Å². The van der Waals surface area contributed by atoms with E-state index < -0.39 is 0 Å². The molecule has 0 saturated carbocycles. The second kappa shape index (κ2) is 7.35. The number of benzene rings is 3. The summed E-state index contributed by atoms with van der Waals surface area (Å²) in [6.45, 7) is 2.61. The molecule has 0 fully saturated rings. The fraction of sp³-hybridized carbons (Fsp3) is 0.217. The summed E-state index contributed by atoms with van der Waals surface area (Å²) in [6, 6.07) is 17.3. The fourth-order valence-corrected chi connectivity index (χ4v) is 3.69. The van der Waals surface area contributed by atoms with Crippen molar-refractivity contribution in [2.45, 2.75) is 19.9 Å². The van der Waals surface area contributed by atoms with Crippen molar-refractivity contribution < 1.29 is 19.1 Å². The predicted octanol–water partition coefficient (Wildman–Crippen LogP) is 4.11. The molecule has 1 aliphatic heterocycles. The number of nitrogens with zero attached hydrogens (tertiary/aromatic N) is 1. The second-order valence-corrected chi connectivity index (χ2v) is 6.70. The van der Waals surface area contributed by atoms with Gasteiger partial charge in [0, 0.05) is 22.2 Å². The van der Waals surface area contributed by atoms with Gasteiger partial charge in [-0.3, -0.25) is 9.59 Å². The van der Waals surface area contributed by atoms with Crippen LogP contribution in [0.25, 0.3) is 10.8 Å². The Labute approximate surface area is 163 Å². The highest BCUT2D eigenvalue weighted by Crippen LogP contribution is 2.39. The third-order valence-electron chi connectivity index (χ3n) is 5.00. The molecule has 3 aromatic carbocycles. The van der Waals surface area contributed by atoms with Crippen molar-refractivity contribution in [2.75, 3.05) is 18.6 Å². The highest BCUT2D eigenvalue weighted by atomic mass is 16.5. The van der Waals surface area contributed by atoms with Gasteiger partial charge in [0.1, 0.15) is 5.75 Å². The average molecular weight is 375 g/mol. The third kappa shape index (κ3) is 3.09. The molecule has 0 atom stereocenters. The van der Waals surface area contributed by atoms with E-state index in [-0.39, 0.29) is 18.3 Å². The summed E-state index contributed by atoms with van der Waals surface area (Å²) in [5.41, 5.74) is 3.22. The maximum Gasteiger partial charge on any atom is 0.310 e. The van der Waals surface area contributed by atoms with Gasteiger partial charge in [0.05, 0.1) is 26.7 Å². The SMILES string of the molecule is CCOC(=O)Cc1ccc(N2Cc3c(cc4ccccc4c3OC)C2=O)cc1. The maximum atomic E-state index is 13.1. The molecular formula is C23H21NO4. The zero-order valence-corrected chi connectivity index (χ0v) is 15.9. The molecule has 0 N–H and O–H groups in total. The van der Waals surface area contributed by atoms with E-state index in [9.17, 15) is 9.59 Å². The van der Waals surface area contributed by atoms with Gasteiger partial charge in [0.15, 0.2) is 0 Å². The number of esters is 1. The Morgan fingerprint density at radius 2 is 1.86 bits per heavy atom. The van der Waals surface area contributed by atoms with Gasteiger partial charge in [-0.1, -0.05) is 36.4 Å². The lowest BCUT2D eigenvalue weighted by atomic mass is 10.0. The quantitative estimate of drug-likeness (QED) is 0.630. The van der Waals surface area contributed by atoms with E-state index in [1.54, 1.807) is 18.9 Å². The molecule has 1 amide bonds. The lowest BCUT2D eigenvalue weighted by molar-refractivity contribution is -0.142. The summed E-state index contributed by atoms with van der Waals surface area (Å²) in [4.78, 5) is 26.4. The molecule has 0 aromatic heterocycles. The normalized spacial score (nSPS) is 12.9. The molecule has 1 aliphatic rings. The molecule has 5 nitrogen and oxygen atoms in total. The highest BCUT2D eigenvalue weighted by Gasteiger charge is 2.32. The Kier molecular flexibility index (Phi) is 4.74. The van der Waals surface area contributed by atoms with Crippen LogP contribution < -0.4 is 9.64 Å². The van der Waals surface area contributed by atoms with Crippen LogP contribution in [0.1, 0.15) is 28.4 Å². The first kappa shape index (κ1) is 18.0. The van der Waals surface area contributed by atoms with Crippen LogP contribution in [0, 0.1) is 0 Å². The van der Waals surface area contributed by atoms with Crippen molar-refractivity contribution in [1.29, 1.82) is 0 Å². The smallest absolute Gasteiger partial charge is 0.310 e. The standard InChI is InChI=1S/C23H21NO4/c1-3-28-21(25)12-15-8-10-17(11-9-15)24-14-20-19(23(24)26)13-16-6-4-5-7-18(16)22(20)27-2/h4-11,13H,3,12,14H2,1-2H3. The summed E-state index contributed by atoms with van der Waals surface area (Å²) in [5.74, 6) is 0.455. The minimum atomic E-state index is -0.253. The van der Waals surface area contributed by atoms with E-state index in [4.69, 9.17) is 9.47 Å². The van der Waals surface area contributed by atoms with Crippen LogP contribution >= 0.6 is 0 Å². The van der Waals surface area contributed by atoms with Gasteiger partial charge in [-0.15, -0.1) is 0 Å². The Bertz CT molecular complexity index is 1060. The van der Waals surface area contributed by atoms with Crippen LogP contribution in [0.4, 0.5) is 5.69 Å². The van der Waals surface area contributed by atoms with Crippen LogP contribution in [0.2, 0.25) is 0 Å². The van der Waals surface area contributed by atoms with E-state index in [0.29, 0.717) is 18.7 Å². The number of hydrogen-bond donors (Lipinski definition) is 0. The number of fused-ring (bicyclic) bond motifs is 2. The Morgan fingerprint density at radius 3 is 2.57 bits per heavy atom. The first-order valence-corrected chi connectivity index (χ1v) is 9.27. The minimum Gasteiger partial charge on any atom is -0.496 e. The summed E-state index contributed by atoms with van der Waals surface area (Å²) in [5, 5.41) is 1.99. The molecule has 3 aromatic rings. The maximum absolute atomic E-state index is 13.1. The molecule has 0 radical (unpaired) electrons. The van der Waals surface area contributed by atoms with Crippen molar-refractivity contribution in [3.05, 3.63) is 71.3 Å². The number of ether oxygens (including phenoxy) is 2. The monoisotopic (exact) mass is 375 g/mol. The van der Waals surface area contributed by atoms with Gasteiger partial charge in [-0.25, -0.2) is 0 Å². The number of carbonyl (C=O) groups is 2. The highest BCUT2D eigenvalue weighted by molar-refractivity contribution is 6.13. The van der Waals surface area contributed by atoms with Gasteiger partial charge >= 0.3 is 5.97 Å². The topological polar surface area (TPSA) is 55.8 Å². The Morgan fingerprint density at radius 1 is 1.11 bits per heavy atom. The molecule has 5 heteroatoms. The predicted molar refractivity (Wildman–Crippen MR) is 108 cm³/mol. The van der Waals surface area contributed by atoms with Crippen molar-refractivity contribution in [3.8, 4) is 5.75 Å². The minimum absolute atomic E-state index is 0.0443. The first-order chi connectivity index (χ1) is 13.6. The van der Waals surface area contributed by atoms with Gasteiger partial charge in [-0.2, -0.15) is 0 Å². The van der Waals surface area contributed by atoms with Crippen LogP contribution in [-0.4, -0.2) is 25.6 Å². The first-order valence-electron chi connectivity index (χ1n) is 9.27.